The summed E-state index contributed by atoms with van der Waals surface area (Å²) in [5.41, 5.74) is 2.97. The molecule has 0 saturated heterocycles. The summed E-state index contributed by atoms with van der Waals surface area (Å²) in [6, 6.07) is 15.3. The molecule has 0 saturated carbocycles. The number of aromatic nitrogens is 2. The third kappa shape index (κ3) is 4.61. The number of hydrogen-bond acceptors (Lipinski definition) is 5. The van der Waals surface area contributed by atoms with Gasteiger partial charge in [-0.25, -0.2) is 8.42 Å². The molecule has 2 heterocycles. The van der Waals surface area contributed by atoms with Gasteiger partial charge < -0.3 is 15.0 Å². The molecule has 0 atom stereocenters. The van der Waals surface area contributed by atoms with Crippen molar-refractivity contribution in [2.75, 3.05) is 7.11 Å². The standard InChI is InChI=1S/C25H25N3O4S/c1-16(2)18-6-9-23(32-3)24(13-18)33(30,31)20-7-4-17(5-8-20)14-27-25(29)22-12-19-15-26-11-10-21(19)28-22/h4-13,15-16,28H,14H2,1-3H3,(H,27,29). The van der Waals surface area contributed by atoms with Crippen LogP contribution in [0.2, 0.25) is 0 Å². The third-order valence-corrected chi connectivity index (χ3v) is 7.29. The van der Waals surface area contributed by atoms with E-state index in [-0.39, 0.29) is 28.2 Å². The van der Waals surface area contributed by atoms with Gasteiger partial charge >= 0.3 is 0 Å². The number of benzene rings is 2. The van der Waals surface area contributed by atoms with E-state index in [0.29, 0.717) is 11.4 Å². The summed E-state index contributed by atoms with van der Waals surface area (Å²) < 4.78 is 31.9. The monoisotopic (exact) mass is 463 g/mol. The Kier molecular flexibility index (Phi) is 6.20. The lowest BCUT2D eigenvalue weighted by molar-refractivity contribution is 0.0946. The van der Waals surface area contributed by atoms with Crippen LogP contribution in [-0.2, 0) is 16.4 Å². The average molecular weight is 464 g/mol. The van der Waals surface area contributed by atoms with Gasteiger partial charge in [0.25, 0.3) is 5.91 Å². The van der Waals surface area contributed by atoms with Crippen molar-refractivity contribution in [2.45, 2.75) is 36.1 Å². The molecule has 4 rings (SSSR count). The molecule has 0 radical (unpaired) electrons. The number of amides is 1. The lowest BCUT2D eigenvalue weighted by Gasteiger charge is -2.14. The molecule has 2 aromatic heterocycles. The zero-order valence-corrected chi connectivity index (χ0v) is 19.4. The fourth-order valence-corrected chi connectivity index (χ4v) is 5.00. The van der Waals surface area contributed by atoms with Gasteiger partial charge in [-0.05, 0) is 53.4 Å². The number of ether oxygens (including phenoxy) is 1. The van der Waals surface area contributed by atoms with Crippen molar-refractivity contribution < 1.29 is 17.9 Å². The summed E-state index contributed by atoms with van der Waals surface area (Å²) in [4.78, 5) is 19.9. The maximum atomic E-state index is 13.3. The minimum absolute atomic E-state index is 0.144. The van der Waals surface area contributed by atoms with Crippen LogP contribution in [0.1, 0.15) is 41.4 Å². The Labute approximate surface area is 192 Å². The highest BCUT2D eigenvalue weighted by Gasteiger charge is 2.23. The highest BCUT2D eigenvalue weighted by atomic mass is 32.2. The van der Waals surface area contributed by atoms with E-state index in [9.17, 15) is 13.2 Å². The van der Waals surface area contributed by atoms with Gasteiger partial charge in [0.15, 0.2) is 0 Å². The smallest absolute Gasteiger partial charge is 0.267 e. The van der Waals surface area contributed by atoms with Crippen LogP contribution in [-0.4, -0.2) is 31.4 Å². The van der Waals surface area contributed by atoms with E-state index < -0.39 is 9.84 Å². The average Bonchev–Trinajstić information content (AvgIpc) is 3.27. The van der Waals surface area contributed by atoms with Gasteiger partial charge in [0.2, 0.25) is 9.84 Å². The summed E-state index contributed by atoms with van der Waals surface area (Å²) in [5, 5.41) is 3.70. The number of methoxy groups -OCH3 is 1. The number of pyridine rings is 1. The Balaban J connectivity index is 1.51. The van der Waals surface area contributed by atoms with Crippen LogP contribution < -0.4 is 10.1 Å². The third-order valence-electron chi connectivity index (χ3n) is 5.50. The fraction of sp³-hybridized carbons (Fsp3) is 0.200. The summed E-state index contributed by atoms with van der Waals surface area (Å²) in [6.45, 7) is 4.28. The summed E-state index contributed by atoms with van der Waals surface area (Å²) in [7, 11) is -2.31. The Morgan fingerprint density at radius 2 is 1.85 bits per heavy atom. The molecule has 0 unspecified atom stereocenters. The summed E-state index contributed by atoms with van der Waals surface area (Å²) >= 11 is 0. The second-order valence-electron chi connectivity index (χ2n) is 8.04. The van der Waals surface area contributed by atoms with Crippen molar-refractivity contribution in [3.05, 3.63) is 83.8 Å². The molecule has 170 valence electrons. The number of nitrogens with one attached hydrogen (secondary N) is 2. The molecule has 2 N–H and O–H groups in total. The lowest BCUT2D eigenvalue weighted by atomic mass is 10.0. The van der Waals surface area contributed by atoms with E-state index in [1.807, 2.05) is 19.9 Å². The Bertz CT molecular complexity index is 1370. The van der Waals surface area contributed by atoms with Crippen molar-refractivity contribution in [1.29, 1.82) is 0 Å². The topological polar surface area (TPSA) is 101 Å². The minimum atomic E-state index is -3.77. The van der Waals surface area contributed by atoms with Crippen LogP contribution in [0.15, 0.2) is 76.8 Å². The molecule has 7 nitrogen and oxygen atoms in total. The molecule has 33 heavy (non-hydrogen) atoms. The number of rotatable bonds is 7. The molecule has 2 aromatic carbocycles. The second-order valence-corrected chi connectivity index (χ2v) is 9.96. The normalized spacial score (nSPS) is 11.6. The highest BCUT2D eigenvalue weighted by molar-refractivity contribution is 7.91. The van der Waals surface area contributed by atoms with E-state index >= 15 is 0 Å². The van der Waals surface area contributed by atoms with E-state index in [0.717, 1.165) is 22.0 Å². The van der Waals surface area contributed by atoms with E-state index in [1.54, 1.807) is 60.9 Å². The molecular formula is C25H25N3O4S. The van der Waals surface area contributed by atoms with Gasteiger partial charge in [-0.15, -0.1) is 0 Å². The number of sulfone groups is 1. The molecule has 0 aliphatic heterocycles. The number of aromatic amines is 1. The molecule has 0 spiro atoms. The van der Waals surface area contributed by atoms with Gasteiger partial charge in [-0.3, -0.25) is 9.78 Å². The van der Waals surface area contributed by atoms with E-state index in [2.05, 4.69) is 15.3 Å². The lowest BCUT2D eigenvalue weighted by Crippen LogP contribution is -2.23. The van der Waals surface area contributed by atoms with Crippen molar-refractivity contribution in [3.8, 4) is 5.75 Å². The Hall–Kier alpha value is -3.65. The predicted molar refractivity (Wildman–Crippen MR) is 126 cm³/mol. The second kappa shape index (κ2) is 9.07. The first-order valence-corrected chi connectivity index (χ1v) is 12.0. The SMILES string of the molecule is COc1ccc(C(C)C)cc1S(=O)(=O)c1ccc(CNC(=O)c2cc3cnccc3[nH]2)cc1. The molecule has 0 bridgehead atoms. The minimum Gasteiger partial charge on any atom is -0.495 e. The molecule has 4 aromatic rings. The quantitative estimate of drug-likeness (QED) is 0.421. The number of carbonyl (C=O) groups excluding carboxylic acids is 1. The van der Waals surface area contributed by atoms with Gasteiger partial charge in [0.1, 0.15) is 16.3 Å². The molecule has 1 amide bonds. The number of H-pyrrole nitrogens is 1. The van der Waals surface area contributed by atoms with Crippen LogP contribution in [0.5, 0.6) is 5.75 Å². The molecule has 8 heteroatoms. The molecule has 0 aliphatic carbocycles. The van der Waals surface area contributed by atoms with Crippen molar-refractivity contribution >= 4 is 26.6 Å². The Morgan fingerprint density at radius 3 is 2.52 bits per heavy atom. The maximum absolute atomic E-state index is 13.3. The Morgan fingerprint density at radius 1 is 1.09 bits per heavy atom. The molecule has 0 aliphatic rings. The summed E-state index contributed by atoms with van der Waals surface area (Å²) in [5.74, 6) is 0.242. The maximum Gasteiger partial charge on any atom is 0.267 e. The molecule has 0 fully saturated rings. The zero-order chi connectivity index (χ0) is 23.6. The first-order chi connectivity index (χ1) is 15.8. The van der Waals surface area contributed by atoms with Crippen LogP contribution >= 0.6 is 0 Å². The van der Waals surface area contributed by atoms with Gasteiger partial charge in [0.05, 0.1) is 12.0 Å². The fourth-order valence-electron chi connectivity index (χ4n) is 3.55. The van der Waals surface area contributed by atoms with E-state index in [4.69, 9.17) is 4.74 Å². The number of fused-ring (bicyclic) bond motifs is 1. The van der Waals surface area contributed by atoms with Crippen molar-refractivity contribution in [1.82, 2.24) is 15.3 Å². The first kappa shape index (κ1) is 22.5. The zero-order valence-electron chi connectivity index (χ0n) is 18.6. The number of carbonyl (C=O) groups is 1. The van der Waals surface area contributed by atoms with Gasteiger partial charge in [-0.2, -0.15) is 0 Å². The van der Waals surface area contributed by atoms with Crippen LogP contribution in [0, 0.1) is 0 Å². The number of nitrogens with zero attached hydrogens (tertiary/aromatic N) is 1. The molecular weight excluding hydrogens is 438 g/mol. The highest BCUT2D eigenvalue weighted by Crippen LogP contribution is 2.32. The van der Waals surface area contributed by atoms with Crippen molar-refractivity contribution in [2.24, 2.45) is 0 Å². The van der Waals surface area contributed by atoms with Crippen LogP contribution in [0.3, 0.4) is 0 Å². The van der Waals surface area contributed by atoms with Gasteiger partial charge in [0, 0.05) is 29.8 Å². The van der Waals surface area contributed by atoms with E-state index in [1.165, 1.54) is 7.11 Å². The van der Waals surface area contributed by atoms with Crippen LogP contribution in [0.25, 0.3) is 10.9 Å². The predicted octanol–water partition coefficient (Wildman–Crippen LogP) is 4.46. The van der Waals surface area contributed by atoms with Gasteiger partial charge in [-0.1, -0.05) is 32.0 Å². The number of hydrogen-bond donors (Lipinski definition) is 2. The summed E-state index contributed by atoms with van der Waals surface area (Å²) in [6.07, 6.45) is 3.35. The van der Waals surface area contributed by atoms with Crippen LogP contribution in [0.4, 0.5) is 0 Å². The first-order valence-electron chi connectivity index (χ1n) is 10.5. The largest absolute Gasteiger partial charge is 0.495 e. The van der Waals surface area contributed by atoms with Crippen molar-refractivity contribution in [3.63, 3.8) is 0 Å².